The summed E-state index contributed by atoms with van der Waals surface area (Å²) in [7, 11) is 0. The molecular formula is C28H33N7O3. The molecule has 3 heterocycles. The van der Waals surface area contributed by atoms with E-state index in [2.05, 4.69) is 37.6 Å². The first-order valence-electron chi connectivity index (χ1n) is 12.9. The average molecular weight is 516 g/mol. The molecule has 10 nitrogen and oxygen atoms in total. The van der Waals surface area contributed by atoms with Crippen molar-refractivity contribution >= 4 is 34.8 Å². The molecule has 0 bridgehead atoms. The second-order valence-corrected chi connectivity index (χ2v) is 9.67. The summed E-state index contributed by atoms with van der Waals surface area (Å²) in [6.07, 6.45) is 2.48. The van der Waals surface area contributed by atoms with Crippen LogP contribution in [0.3, 0.4) is 0 Å². The van der Waals surface area contributed by atoms with Crippen LogP contribution >= 0.6 is 0 Å². The van der Waals surface area contributed by atoms with Crippen LogP contribution in [0.15, 0.2) is 60.8 Å². The number of ether oxygens (including phenoxy) is 1. The molecule has 0 saturated carbocycles. The van der Waals surface area contributed by atoms with Crippen molar-refractivity contribution in [2.45, 2.75) is 19.4 Å². The highest BCUT2D eigenvalue weighted by molar-refractivity contribution is 5.93. The molecule has 2 fully saturated rings. The van der Waals surface area contributed by atoms with Gasteiger partial charge in [-0.25, -0.2) is 9.97 Å². The number of aromatic nitrogens is 2. The molecule has 0 aliphatic carbocycles. The SMILES string of the molecule is CC(N)C(=O)N1CCN(c2ccc(Nc3nccc(-c4ccc(NC(=O)C5CCOC5)cc4)n3)cc2)CC1. The standard InChI is InChI=1S/C28H33N7O3/c1-19(29)27(37)35-15-13-34(14-16-35)24-8-6-23(7-9-24)32-28-30-12-10-25(33-28)20-2-4-22(5-3-20)31-26(36)21-11-17-38-18-21/h2-10,12,19,21H,11,13-18,29H2,1H3,(H,31,36)(H,30,32,33). The van der Waals surface area contributed by atoms with Gasteiger partial charge in [-0.05, 0) is 55.8 Å². The maximum absolute atomic E-state index is 12.3. The van der Waals surface area contributed by atoms with Gasteiger partial charge in [-0.2, -0.15) is 0 Å². The molecule has 2 aliphatic heterocycles. The predicted molar refractivity (Wildman–Crippen MR) is 147 cm³/mol. The average Bonchev–Trinajstić information content (AvgIpc) is 3.49. The predicted octanol–water partition coefficient (Wildman–Crippen LogP) is 2.86. The van der Waals surface area contributed by atoms with Crippen LogP contribution in [-0.2, 0) is 14.3 Å². The number of nitrogens with zero attached hydrogens (tertiary/aromatic N) is 4. The van der Waals surface area contributed by atoms with E-state index in [1.165, 1.54) is 0 Å². The number of carbonyl (C=O) groups is 2. The minimum absolute atomic E-state index is 0.00370. The van der Waals surface area contributed by atoms with Crippen LogP contribution in [0.5, 0.6) is 0 Å². The molecule has 0 spiro atoms. The van der Waals surface area contributed by atoms with Crippen molar-refractivity contribution in [1.82, 2.24) is 14.9 Å². The molecule has 4 N–H and O–H groups in total. The van der Waals surface area contributed by atoms with Gasteiger partial charge in [-0.1, -0.05) is 12.1 Å². The minimum atomic E-state index is -0.461. The Morgan fingerprint density at radius 3 is 2.37 bits per heavy atom. The lowest BCUT2D eigenvalue weighted by atomic mass is 10.1. The second-order valence-electron chi connectivity index (χ2n) is 9.67. The van der Waals surface area contributed by atoms with Crippen molar-refractivity contribution in [2.24, 2.45) is 11.7 Å². The summed E-state index contributed by atoms with van der Waals surface area (Å²) in [6.45, 7) is 5.73. The minimum Gasteiger partial charge on any atom is -0.381 e. The van der Waals surface area contributed by atoms with Gasteiger partial charge in [0.05, 0.1) is 24.3 Å². The molecule has 198 valence electrons. The Balaban J connectivity index is 1.17. The van der Waals surface area contributed by atoms with Crippen LogP contribution in [0, 0.1) is 5.92 Å². The van der Waals surface area contributed by atoms with Gasteiger partial charge in [0.1, 0.15) is 0 Å². The Bertz CT molecular complexity index is 1250. The molecule has 0 radical (unpaired) electrons. The highest BCUT2D eigenvalue weighted by Crippen LogP contribution is 2.24. The van der Waals surface area contributed by atoms with E-state index in [9.17, 15) is 9.59 Å². The van der Waals surface area contributed by atoms with E-state index < -0.39 is 6.04 Å². The third kappa shape index (κ3) is 6.09. The third-order valence-electron chi connectivity index (χ3n) is 6.87. The third-order valence-corrected chi connectivity index (χ3v) is 6.87. The fourth-order valence-electron chi connectivity index (χ4n) is 4.65. The first kappa shape index (κ1) is 25.6. The summed E-state index contributed by atoms with van der Waals surface area (Å²) in [6, 6.07) is 17.1. The van der Waals surface area contributed by atoms with E-state index in [1.54, 1.807) is 13.1 Å². The maximum Gasteiger partial charge on any atom is 0.239 e. The molecule has 10 heteroatoms. The highest BCUT2D eigenvalue weighted by Gasteiger charge is 2.24. The van der Waals surface area contributed by atoms with Crippen molar-refractivity contribution in [1.29, 1.82) is 0 Å². The van der Waals surface area contributed by atoms with E-state index in [1.807, 2.05) is 47.4 Å². The number of benzene rings is 2. The Morgan fingerprint density at radius 1 is 1.00 bits per heavy atom. The molecule has 38 heavy (non-hydrogen) atoms. The Morgan fingerprint density at radius 2 is 1.71 bits per heavy atom. The Kier molecular flexibility index (Phi) is 7.81. The lowest BCUT2D eigenvalue weighted by molar-refractivity contribution is -0.132. The summed E-state index contributed by atoms with van der Waals surface area (Å²) in [5.74, 6) is 0.412. The van der Waals surface area contributed by atoms with Crippen LogP contribution in [0.1, 0.15) is 13.3 Å². The van der Waals surface area contributed by atoms with Gasteiger partial charge < -0.3 is 30.9 Å². The summed E-state index contributed by atoms with van der Waals surface area (Å²) in [5, 5.41) is 6.23. The lowest BCUT2D eigenvalue weighted by Gasteiger charge is -2.36. The zero-order valence-corrected chi connectivity index (χ0v) is 21.5. The van der Waals surface area contributed by atoms with E-state index in [0.29, 0.717) is 32.3 Å². The van der Waals surface area contributed by atoms with Gasteiger partial charge >= 0.3 is 0 Å². The molecular weight excluding hydrogens is 482 g/mol. The van der Waals surface area contributed by atoms with E-state index >= 15 is 0 Å². The van der Waals surface area contributed by atoms with Crippen LogP contribution < -0.4 is 21.3 Å². The summed E-state index contributed by atoms with van der Waals surface area (Å²) in [5.41, 5.74) is 10.2. The Labute approximate surface area is 222 Å². The van der Waals surface area contributed by atoms with Crippen LogP contribution in [-0.4, -0.2) is 72.1 Å². The summed E-state index contributed by atoms with van der Waals surface area (Å²) in [4.78, 5) is 37.5. The number of rotatable bonds is 7. The number of carbonyl (C=O) groups excluding carboxylic acids is 2. The fourth-order valence-corrected chi connectivity index (χ4v) is 4.65. The molecule has 2 amide bonds. The topological polar surface area (TPSA) is 126 Å². The second kappa shape index (κ2) is 11.6. The fraction of sp³-hybridized carbons (Fsp3) is 0.357. The van der Waals surface area contributed by atoms with Crippen molar-refractivity contribution < 1.29 is 14.3 Å². The normalized spacial score (nSPS) is 18.2. The maximum atomic E-state index is 12.3. The number of nitrogens with two attached hydrogens (primary N) is 1. The first-order valence-corrected chi connectivity index (χ1v) is 12.9. The van der Waals surface area contributed by atoms with Crippen LogP contribution in [0.2, 0.25) is 0 Å². The molecule has 2 atom stereocenters. The molecule has 2 unspecified atom stereocenters. The molecule has 1 aromatic heterocycles. The monoisotopic (exact) mass is 515 g/mol. The summed E-state index contributed by atoms with van der Waals surface area (Å²) < 4.78 is 5.30. The number of piperazine rings is 1. The quantitative estimate of drug-likeness (QED) is 0.439. The lowest BCUT2D eigenvalue weighted by Crippen LogP contribution is -2.52. The molecule has 3 aromatic rings. The van der Waals surface area contributed by atoms with Crippen molar-refractivity contribution in [3.63, 3.8) is 0 Å². The van der Waals surface area contributed by atoms with Crippen LogP contribution in [0.25, 0.3) is 11.3 Å². The largest absolute Gasteiger partial charge is 0.381 e. The number of hydrogen-bond acceptors (Lipinski definition) is 8. The number of hydrogen-bond donors (Lipinski definition) is 3. The van der Waals surface area contributed by atoms with Crippen molar-refractivity contribution in [2.75, 3.05) is 54.9 Å². The van der Waals surface area contributed by atoms with Crippen LogP contribution in [0.4, 0.5) is 23.0 Å². The van der Waals surface area contributed by atoms with Gasteiger partial charge in [0.2, 0.25) is 17.8 Å². The molecule has 2 aliphatic rings. The number of anilines is 4. The van der Waals surface area contributed by atoms with Gasteiger partial charge in [0.25, 0.3) is 0 Å². The zero-order valence-electron chi connectivity index (χ0n) is 21.5. The summed E-state index contributed by atoms with van der Waals surface area (Å²) >= 11 is 0. The first-order chi connectivity index (χ1) is 18.5. The van der Waals surface area contributed by atoms with Crippen molar-refractivity contribution in [3.8, 4) is 11.3 Å². The Hall–Kier alpha value is -4.02. The van der Waals surface area contributed by atoms with Gasteiger partial charge in [-0.3, -0.25) is 9.59 Å². The number of nitrogens with one attached hydrogen (secondary N) is 2. The van der Waals surface area contributed by atoms with Gasteiger partial charge in [-0.15, -0.1) is 0 Å². The zero-order chi connectivity index (χ0) is 26.5. The van der Waals surface area contributed by atoms with E-state index in [0.717, 1.165) is 47.8 Å². The molecule has 2 aromatic carbocycles. The smallest absolute Gasteiger partial charge is 0.239 e. The van der Waals surface area contributed by atoms with Gasteiger partial charge in [0, 0.05) is 61.6 Å². The molecule has 5 rings (SSSR count). The molecule has 2 saturated heterocycles. The van der Waals surface area contributed by atoms with Gasteiger partial charge in [0.15, 0.2) is 0 Å². The number of amides is 2. The highest BCUT2D eigenvalue weighted by atomic mass is 16.5. The van der Waals surface area contributed by atoms with E-state index in [-0.39, 0.29) is 17.7 Å². The van der Waals surface area contributed by atoms with E-state index in [4.69, 9.17) is 10.5 Å². The van der Waals surface area contributed by atoms with Crippen molar-refractivity contribution in [3.05, 3.63) is 60.8 Å².